The number of hydrogen-bond donors (Lipinski definition) is 2. The smallest absolute Gasteiger partial charge is 0.105 e. The molecule has 0 amide bonds. The van der Waals surface area contributed by atoms with E-state index in [9.17, 15) is 5.11 Å². The largest absolute Gasteiger partial charge is 0.386 e. The third kappa shape index (κ3) is 2.56. The molecule has 4 heteroatoms. The van der Waals surface area contributed by atoms with Crippen LogP contribution in [0.5, 0.6) is 0 Å². The van der Waals surface area contributed by atoms with Crippen molar-refractivity contribution in [1.82, 2.24) is 10.3 Å². The molecule has 1 aliphatic rings. The van der Waals surface area contributed by atoms with E-state index >= 15 is 0 Å². The molecule has 0 aliphatic carbocycles. The molecule has 1 fully saturated rings. The van der Waals surface area contributed by atoms with Crippen LogP contribution in [0.15, 0.2) is 11.7 Å². The Morgan fingerprint density at radius 1 is 1.73 bits per heavy atom. The lowest BCUT2D eigenvalue weighted by atomic mass is 9.88. The second-order valence-corrected chi connectivity index (χ2v) is 5.13. The number of rotatable bonds is 3. The number of thiazole rings is 1. The molecule has 2 heterocycles. The van der Waals surface area contributed by atoms with Gasteiger partial charge in [-0.15, -0.1) is 11.3 Å². The molecule has 2 rings (SSSR count). The maximum Gasteiger partial charge on any atom is 0.105 e. The topological polar surface area (TPSA) is 45.1 Å². The summed E-state index contributed by atoms with van der Waals surface area (Å²) in [6, 6.07) is 0.212. The average Bonchev–Trinajstić information content (AvgIpc) is 2.81. The maximum atomic E-state index is 10.2. The van der Waals surface area contributed by atoms with Gasteiger partial charge in [0, 0.05) is 12.2 Å². The molecule has 1 aromatic rings. The van der Waals surface area contributed by atoms with E-state index in [-0.39, 0.29) is 12.1 Å². The molecule has 3 nitrogen and oxygen atoms in total. The highest BCUT2D eigenvalue weighted by atomic mass is 32.1. The molecule has 0 saturated carbocycles. The maximum absolute atomic E-state index is 10.2. The first-order valence-electron chi connectivity index (χ1n) is 5.61. The predicted molar refractivity (Wildman–Crippen MR) is 61.9 cm³/mol. The summed E-state index contributed by atoms with van der Waals surface area (Å²) >= 11 is 1.53. The molecule has 0 aromatic carbocycles. The first kappa shape index (κ1) is 11.0. The second-order valence-electron chi connectivity index (χ2n) is 4.21. The molecule has 0 spiro atoms. The van der Waals surface area contributed by atoms with Gasteiger partial charge >= 0.3 is 0 Å². The molecule has 0 bridgehead atoms. The van der Waals surface area contributed by atoms with Gasteiger partial charge in [-0.05, 0) is 25.3 Å². The zero-order chi connectivity index (χ0) is 10.7. The Hall–Kier alpha value is -0.450. The van der Waals surface area contributed by atoms with Gasteiger partial charge in [0.15, 0.2) is 0 Å². The van der Waals surface area contributed by atoms with E-state index in [0.29, 0.717) is 0 Å². The quantitative estimate of drug-likeness (QED) is 0.828. The summed E-state index contributed by atoms with van der Waals surface area (Å²) in [5, 5.41) is 13.6. The molecular formula is C11H18N2OS. The first-order chi connectivity index (χ1) is 7.31. The van der Waals surface area contributed by atoms with Crippen LogP contribution in [-0.2, 0) is 0 Å². The molecule has 1 aromatic heterocycles. The van der Waals surface area contributed by atoms with Gasteiger partial charge in [-0.1, -0.05) is 13.3 Å². The Balaban J connectivity index is 1.98. The Morgan fingerprint density at radius 2 is 2.60 bits per heavy atom. The van der Waals surface area contributed by atoms with Crippen LogP contribution in [0.25, 0.3) is 0 Å². The van der Waals surface area contributed by atoms with Crippen molar-refractivity contribution in [1.29, 1.82) is 0 Å². The van der Waals surface area contributed by atoms with E-state index in [2.05, 4.69) is 17.2 Å². The molecule has 3 atom stereocenters. The molecule has 2 N–H and O–H groups in total. The third-order valence-corrected chi connectivity index (χ3v) is 4.09. The van der Waals surface area contributed by atoms with E-state index in [1.165, 1.54) is 24.2 Å². The molecule has 15 heavy (non-hydrogen) atoms. The minimum atomic E-state index is -0.383. The van der Waals surface area contributed by atoms with Crippen LogP contribution in [0.2, 0.25) is 0 Å². The fourth-order valence-electron chi connectivity index (χ4n) is 2.21. The molecule has 84 valence electrons. The number of piperidine rings is 1. The summed E-state index contributed by atoms with van der Waals surface area (Å²) in [6.45, 7) is 3.26. The van der Waals surface area contributed by atoms with Gasteiger partial charge in [-0.2, -0.15) is 0 Å². The SMILES string of the molecule is CCC1CCNC(C(O)c2cncs2)C1. The van der Waals surface area contributed by atoms with Crippen LogP contribution in [0.4, 0.5) is 0 Å². The van der Waals surface area contributed by atoms with Gasteiger partial charge in [0.1, 0.15) is 6.10 Å². The van der Waals surface area contributed by atoms with Crippen molar-refractivity contribution < 1.29 is 5.11 Å². The predicted octanol–water partition coefficient (Wildman–Crippen LogP) is 1.95. The van der Waals surface area contributed by atoms with Gasteiger partial charge < -0.3 is 10.4 Å². The zero-order valence-corrected chi connectivity index (χ0v) is 9.83. The van der Waals surface area contributed by atoms with Crippen molar-refractivity contribution in [2.75, 3.05) is 6.54 Å². The zero-order valence-electron chi connectivity index (χ0n) is 9.02. The van der Waals surface area contributed by atoms with Gasteiger partial charge in [0.05, 0.1) is 10.4 Å². The van der Waals surface area contributed by atoms with E-state index in [4.69, 9.17) is 0 Å². The van der Waals surface area contributed by atoms with Crippen LogP contribution >= 0.6 is 11.3 Å². The fraction of sp³-hybridized carbons (Fsp3) is 0.727. The molecular weight excluding hydrogens is 208 g/mol. The van der Waals surface area contributed by atoms with Gasteiger partial charge in [0.25, 0.3) is 0 Å². The minimum absolute atomic E-state index is 0.212. The summed E-state index contributed by atoms with van der Waals surface area (Å²) in [4.78, 5) is 4.98. The lowest BCUT2D eigenvalue weighted by Gasteiger charge is -2.32. The van der Waals surface area contributed by atoms with E-state index in [1.807, 2.05) is 0 Å². The number of aromatic nitrogens is 1. The second kappa shape index (κ2) is 5.05. The number of hydrogen-bond acceptors (Lipinski definition) is 4. The Morgan fingerprint density at radius 3 is 3.27 bits per heavy atom. The molecule has 0 radical (unpaired) electrons. The molecule has 3 unspecified atom stereocenters. The standard InChI is InChI=1S/C11H18N2OS/c1-2-8-3-4-13-9(5-8)11(14)10-6-12-7-15-10/h6-9,11,13-14H,2-5H2,1H3. The Bertz CT molecular complexity index is 289. The van der Waals surface area contributed by atoms with Crippen molar-refractivity contribution >= 4 is 11.3 Å². The van der Waals surface area contributed by atoms with Gasteiger partial charge in [-0.25, -0.2) is 0 Å². The molecule has 1 saturated heterocycles. The van der Waals surface area contributed by atoms with Crippen molar-refractivity contribution in [2.24, 2.45) is 5.92 Å². The highest BCUT2D eigenvalue weighted by molar-refractivity contribution is 7.09. The first-order valence-corrected chi connectivity index (χ1v) is 6.49. The number of aliphatic hydroxyl groups is 1. The summed E-state index contributed by atoms with van der Waals surface area (Å²) < 4.78 is 0. The van der Waals surface area contributed by atoms with E-state index < -0.39 is 0 Å². The van der Waals surface area contributed by atoms with E-state index in [0.717, 1.165) is 23.8 Å². The highest BCUT2D eigenvalue weighted by Crippen LogP contribution is 2.28. The summed E-state index contributed by atoms with van der Waals surface area (Å²) in [5.41, 5.74) is 1.78. The van der Waals surface area contributed by atoms with Crippen molar-refractivity contribution in [3.05, 3.63) is 16.6 Å². The summed E-state index contributed by atoms with van der Waals surface area (Å²) in [5.74, 6) is 0.763. The average molecular weight is 226 g/mol. The number of nitrogens with zero attached hydrogens (tertiary/aromatic N) is 1. The summed E-state index contributed by atoms with van der Waals surface area (Å²) in [7, 11) is 0. The molecule has 1 aliphatic heterocycles. The van der Waals surface area contributed by atoms with Crippen LogP contribution in [0.1, 0.15) is 37.2 Å². The van der Waals surface area contributed by atoms with Crippen molar-refractivity contribution in [3.63, 3.8) is 0 Å². The number of nitrogens with one attached hydrogen (secondary N) is 1. The lowest BCUT2D eigenvalue weighted by Crippen LogP contribution is -2.41. The third-order valence-electron chi connectivity index (χ3n) is 3.25. The lowest BCUT2D eigenvalue weighted by molar-refractivity contribution is 0.101. The number of aliphatic hydroxyl groups excluding tert-OH is 1. The Labute approximate surface area is 94.5 Å². The van der Waals surface area contributed by atoms with Gasteiger partial charge in [0.2, 0.25) is 0 Å². The highest BCUT2D eigenvalue weighted by Gasteiger charge is 2.27. The van der Waals surface area contributed by atoms with Crippen LogP contribution in [-0.4, -0.2) is 22.7 Å². The Kier molecular flexibility index (Phi) is 3.72. The van der Waals surface area contributed by atoms with Crippen LogP contribution in [0, 0.1) is 5.92 Å². The van der Waals surface area contributed by atoms with Crippen LogP contribution < -0.4 is 5.32 Å². The summed E-state index contributed by atoms with van der Waals surface area (Å²) in [6.07, 6.45) is 4.92. The van der Waals surface area contributed by atoms with E-state index in [1.54, 1.807) is 11.7 Å². The van der Waals surface area contributed by atoms with Crippen LogP contribution in [0.3, 0.4) is 0 Å². The normalized spacial score (nSPS) is 28.9. The van der Waals surface area contributed by atoms with Crippen molar-refractivity contribution in [3.8, 4) is 0 Å². The fourth-order valence-corrected chi connectivity index (χ4v) is 2.88. The van der Waals surface area contributed by atoms with Crippen molar-refractivity contribution in [2.45, 2.75) is 38.3 Å². The monoisotopic (exact) mass is 226 g/mol. The van der Waals surface area contributed by atoms with Gasteiger partial charge in [-0.3, -0.25) is 4.98 Å². The minimum Gasteiger partial charge on any atom is -0.386 e.